The molecular formula is C48H51IrN4OSi-. The molecule has 7 aromatic rings. The Bertz CT molecular complexity index is 2370. The van der Waals surface area contributed by atoms with Crippen LogP contribution in [0.15, 0.2) is 114 Å². The van der Waals surface area contributed by atoms with Crippen molar-refractivity contribution in [1.29, 1.82) is 0 Å². The fraction of sp³-hybridized carbons (Fsp3) is 0.333. The third-order valence-electron chi connectivity index (χ3n) is 12.0. The predicted octanol–water partition coefficient (Wildman–Crippen LogP) is 11.3. The van der Waals surface area contributed by atoms with Crippen molar-refractivity contribution in [2.45, 2.75) is 96.2 Å². The Morgan fingerprint density at radius 3 is 2.24 bits per heavy atom. The van der Waals surface area contributed by atoms with Crippen LogP contribution in [0.5, 0.6) is 0 Å². The van der Waals surface area contributed by atoms with Gasteiger partial charge in [0, 0.05) is 56.1 Å². The van der Waals surface area contributed by atoms with Crippen molar-refractivity contribution in [2.24, 2.45) is 5.92 Å². The fourth-order valence-corrected chi connectivity index (χ4v) is 10.3. The van der Waals surface area contributed by atoms with Gasteiger partial charge in [-0.1, -0.05) is 95.1 Å². The molecule has 0 saturated heterocycles. The molecule has 283 valence electrons. The van der Waals surface area contributed by atoms with Gasteiger partial charge in [-0.15, -0.1) is 47.5 Å². The van der Waals surface area contributed by atoms with Crippen LogP contribution in [0.2, 0.25) is 19.6 Å². The van der Waals surface area contributed by atoms with Gasteiger partial charge in [0.2, 0.25) is 11.9 Å². The summed E-state index contributed by atoms with van der Waals surface area (Å²) >= 11 is 0. The Morgan fingerprint density at radius 1 is 0.782 bits per heavy atom. The molecule has 2 aromatic carbocycles. The summed E-state index contributed by atoms with van der Waals surface area (Å²) in [6.45, 7) is 12.0. The minimum absolute atomic E-state index is 0. The quantitative estimate of drug-likeness (QED) is 0.0908. The summed E-state index contributed by atoms with van der Waals surface area (Å²) < 4.78 is 8.13. The number of aromatic nitrogens is 4. The fourth-order valence-electron chi connectivity index (χ4n) is 8.69. The first-order chi connectivity index (χ1) is 26.1. The second-order valence-electron chi connectivity index (χ2n) is 16.9. The van der Waals surface area contributed by atoms with Gasteiger partial charge in [0.1, 0.15) is 5.71 Å². The van der Waals surface area contributed by atoms with E-state index in [4.69, 9.17) is 9.40 Å². The van der Waals surface area contributed by atoms with E-state index in [1.165, 1.54) is 56.9 Å². The number of rotatable bonds is 7. The van der Waals surface area contributed by atoms with Crippen LogP contribution in [0.1, 0.15) is 82.3 Å². The summed E-state index contributed by atoms with van der Waals surface area (Å²) in [6.07, 6.45) is 22.1. The molecule has 1 radical (unpaired) electrons. The van der Waals surface area contributed by atoms with Crippen LogP contribution in [0.25, 0.3) is 50.3 Å². The van der Waals surface area contributed by atoms with Crippen molar-refractivity contribution in [3.8, 4) is 28.2 Å². The largest absolute Gasteiger partial charge is 0.476 e. The molecule has 5 nitrogen and oxygen atoms in total. The van der Waals surface area contributed by atoms with E-state index in [2.05, 4.69) is 127 Å². The van der Waals surface area contributed by atoms with Gasteiger partial charge < -0.3 is 19.4 Å². The number of hydrogen-bond acceptors (Lipinski definition) is 4. The standard InChI is InChI=1S/C29H27N3O.C19H24NSi.Ir/c1-29(2,21-8-6-7-9-21)22-12-14-30-26(17-22)20-16-25-24-13-15-32(23-10-4-3-5-11-23)19-27(24)33-28(25)31-18-20;1-21(2,3)19-14-20-18(16-11-5-4-6-12-16)13-17(19)15-9-7-8-10-15;/h3-5,10-17,19,21H,6-9H2,1-2H3;4-6,11,13-15H,7-10H2,1-3H3;/q;-1;. The SMILES string of the molecule is CC(C)(c1ccnc(-c2[c-]nc3oc4c[n+](-c5ccccc5)ccc4c3c2)c1)C1CCCC1.C[Si](C)(C)c1cnc(-c2[c-]cccc2)cc1C1CCCC1.[Ir]. The van der Waals surface area contributed by atoms with E-state index in [1.54, 1.807) is 10.8 Å². The Morgan fingerprint density at radius 2 is 1.51 bits per heavy atom. The molecule has 2 aliphatic rings. The van der Waals surface area contributed by atoms with E-state index in [9.17, 15) is 0 Å². The second kappa shape index (κ2) is 16.4. The molecule has 5 heterocycles. The van der Waals surface area contributed by atoms with Crippen LogP contribution in [-0.4, -0.2) is 23.0 Å². The van der Waals surface area contributed by atoms with Gasteiger partial charge in [-0.05, 0) is 82.7 Å². The Hall–Kier alpha value is -4.29. The van der Waals surface area contributed by atoms with E-state index in [-0.39, 0.29) is 25.5 Å². The molecule has 2 saturated carbocycles. The minimum atomic E-state index is -1.34. The third-order valence-corrected chi connectivity index (χ3v) is 14.0. The van der Waals surface area contributed by atoms with Crippen LogP contribution >= 0.6 is 0 Å². The van der Waals surface area contributed by atoms with Crippen molar-refractivity contribution in [2.75, 3.05) is 0 Å². The predicted molar refractivity (Wildman–Crippen MR) is 223 cm³/mol. The molecule has 2 aliphatic carbocycles. The molecule has 55 heavy (non-hydrogen) atoms. The number of nitrogens with zero attached hydrogens (tertiary/aromatic N) is 4. The molecule has 0 bridgehead atoms. The average Bonchev–Trinajstić information content (AvgIpc) is 4.01. The molecule has 7 heteroatoms. The summed E-state index contributed by atoms with van der Waals surface area (Å²) in [5.74, 6) is 1.48. The van der Waals surface area contributed by atoms with E-state index < -0.39 is 8.07 Å². The third kappa shape index (κ3) is 8.31. The van der Waals surface area contributed by atoms with Gasteiger partial charge in [-0.2, -0.15) is 4.57 Å². The summed E-state index contributed by atoms with van der Waals surface area (Å²) in [5.41, 5.74) is 9.55. The number of fused-ring (bicyclic) bond motifs is 3. The van der Waals surface area contributed by atoms with Crippen LogP contribution < -0.4 is 9.75 Å². The van der Waals surface area contributed by atoms with Crippen molar-refractivity contribution in [1.82, 2.24) is 15.0 Å². The maximum Gasteiger partial charge on any atom is 0.217 e. The van der Waals surface area contributed by atoms with Crippen LogP contribution in [0.3, 0.4) is 0 Å². The van der Waals surface area contributed by atoms with Crippen molar-refractivity contribution < 1.29 is 29.1 Å². The molecule has 9 rings (SSSR count). The smallest absolute Gasteiger partial charge is 0.217 e. The van der Waals surface area contributed by atoms with Gasteiger partial charge in [0.05, 0.1) is 8.07 Å². The van der Waals surface area contributed by atoms with Crippen molar-refractivity contribution in [3.63, 3.8) is 0 Å². The second-order valence-corrected chi connectivity index (χ2v) is 21.9. The van der Waals surface area contributed by atoms with E-state index in [0.29, 0.717) is 5.71 Å². The zero-order valence-electron chi connectivity index (χ0n) is 32.7. The van der Waals surface area contributed by atoms with E-state index in [1.807, 2.05) is 42.7 Å². The molecular weight excluding hydrogens is 869 g/mol. The molecule has 0 amide bonds. The maximum atomic E-state index is 6.07. The number of benzene rings is 2. The Kier molecular flexibility index (Phi) is 11.6. The minimum Gasteiger partial charge on any atom is -0.476 e. The molecule has 0 aliphatic heterocycles. The normalized spacial score (nSPS) is 15.2. The van der Waals surface area contributed by atoms with Gasteiger partial charge >= 0.3 is 0 Å². The zero-order valence-corrected chi connectivity index (χ0v) is 36.1. The monoisotopic (exact) mass is 920 g/mol. The summed E-state index contributed by atoms with van der Waals surface area (Å²) in [5, 5.41) is 3.58. The van der Waals surface area contributed by atoms with Crippen LogP contribution in [-0.2, 0) is 25.5 Å². The van der Waals surface area contributed by atoms with Crippen LogP contribution in [0.4, 0.5) is 0 Å². The van der Waals surface area contributed by atoms with Gasteiger partial charge in [-0.25, -0.2) is 0 Å². The van der Waals surface area contributed by atoms with E-state index in [0.717, 1.165) is 56.4 Å². The molecule has 2 fully saturated rings. The number of hydrogen-bond donors (Lipinski definition) is 0. The molecule has 0 spiro atoms. The summed E-state index contributed by atoms with van der Waals surface area (Å²) in [4.78, 5) is 13.9. The molecule has 0 atom stereocenters. The van der Waals surface area contributed by atoms with Crippen LogP contribution in [0, 0.1) is 18.2 Å². The summed E-state index contributed by atoms with van der Waals surface area (Å²) in [7, 11) is -1.34. The first-order valence-corrected chi connectivity index (χ1v) is 23.3. The molecule has 0 N–H and O–H groups in total. The summed E-state index contributed by atoms with van der Waals surface area (Å²) in [6, 6.07) is 32.6. The number of furan rings is 1. The zero-order chi connectivity index (χ0) is 37.3. The first-order valence-electron chi connectivity index (χ1n) is 19.8. The topological polar surface area (TPSA) is 55.7 Å². The van der Waals surface area contributed by atoms with Crippen molar-refractivity contribution >= 4 is 35.3 Å². The van der Waals surface area contributed by atoms with Gasteiger partial charge in [0.15, 0.2) is 11.8 Å². The average molecular weight is 920 g/mol. The first kappa shape index (κ1) is 39.0. The number of pyridine rings is 4. The Balaban J connectivity index is 0.000000183. The van der Waals surface area contributed by atoms with E-state index >= 15 is 0 Å². The number of para-hydroxylation sites is 1. The maximum absolute atomic E-state index is 6.07. The van der Waals surface area contributed by atoms with Gasteiger partial charge in [-0.3, -0.25) is 0 Å². The van der Waals surface area contributed by atoms with Crippen molar-refractivity contribution in [3.05, 3.63) is 133 Å². The molecule has 5 aromatic heterocycles. The van der Waals surface area contributed by atoms with Gasteiger partial charge in [0.25, 0.3) is 0 Å². The Labute approximate surface area is 341 Å². The molecule has 0 unspecified atom stereocenters.